The molecule has 0 spiro atoms. The zero-order chi connectivity index (χ0) is 13.7. The van der Waals surface area contributed by atoms with Crippen molar-refractivity contribution in [2.75, 3.05) is 5.32 Å². The molecule has 0 saturated carbocycles. The quantitative estimate of drug-likeness (QED) is 0.880. The lowest BCUT2D eigenvalue weighted by atomic mass is 10.2. The van der Waals surface area contributed by atoms with E-state index in [2.05, 4.69) is 52.7 Å². The molecule has 0 fully saturated rings. The molecule has 2 heterocycles. The Balaban J connectivity index is 2.07. The van der Waals surface area contributed by atoms with Crippen molar-refractivity contribution in [3.8, 4) is 0 Å². The van der Waals surface area contributed by atoms with Crippen molar-refractivity contribution in [2.45, 2.75) is 46.6 Å². The summed E-state index contributed by atoms with van der Waals surface area (Å²) in [5.74, 6) is 0.629. The van der Waals surface area contributed by atoms with Crippen LogP contribution in [0.1, 0.15) is 42.6 Å². The van der Waals surface area contributed by atoms with Gasteiger partial charge in [-0.2, -0.15) is 5.10 Å². The number of nitrogens with zero attached hydrogens (tertiary/aromatic N) is 3. The van der Waals surface area contributed by atoms with Crippen LogP contribution in [-0.4, -0.2) is 15.2 Å². The number of nitrogens with one attached hydrogen (secondary N) is 1. The zero-order valence-corrected chi connectivity index (χ0v) is 12.5. The molecule has 0 aliphatic rings. The lowest BCUT2D eigenvalue weighted by Crippen LogP contribution is -2.09. The summed E-state index contributed by atoms with van der Waals surface area (Å²) in [6, 6.07) is 2.18. The lowest BCUT2D eigenvalue weighted by Gasteiger charge is -2.07. The number of rotatable bonds is 6. The van der Waals surface area contributed by atoms with Gasteiger partial charge < -0.3 is 5.32 Å². The number of anilines is 1. The summed E-state index contributed by atoms with van der Waals surface area (Å²) in [4.78, 5) is 5.89. The van der Waals surface area contributed by atoms with Gasteiger partial charge in [0, 0.05) is 4.88 Å². The Hall–Kier alpha value is -1.49. The summed E-state index contributed by atoms with van der Waals surface area (Å²) in [6.45, 7) is 7.13. The molecule has 1 N–H and O–H groups in total. The second-order valence-electron chi connectivity index (χ2n) is 4.31. The topological polar surface area (TPSA) is 50.7 Å². The molecule has 0 atom stereocenters. The molecule has 0 aliphatic heterocycles. The maximum atomic E-state index is 4.54. The van der Waals surface area contributed by atoms with E-state index in [0.717, 1.165) is 37.2 Å². The monoisotopic (exact) mass is 276 g/mol. The van der Waals surface area contributed by atoms with E-state index >= 15 is 0 Å². The molecular weight excluding hydrogens is 256 g/mol. The van der Waals surface area contributed by atoms with Gasteiger partial charge in [0.05, 0.1) is 17.9 Å². The highest BCUT2D eigenvalue weighted by molar-refractivity contribution is 7.10. The molecule has 0 aromatic carbocycles. The first kappa shape index (κ1) is 13.9. The van der Waals surface area contributed by atoms with Crippen molar-refractivity contribution in [2.24, 2.45) is 0 Å². The third kappa shape index (κ3) is 3.29. The Kier molecular flexibility index (Phi) is 4.85. The minimum atomic E-state index is 0.629. The molecule has 2 aromatic rings. The van der Waals surface area contributed by atoms with E-state index in [-0.39, 0.29) is 0 Å². The Morgan fingerprint density at radius 1 is 1.05 bits per heavy atom. The second kappa shape index (κ2) is 6.61. The average Bonchev–Trinajstić information content (AvgIpc) is 2.92. The maximum absolute atomic E-state index is 4.54. The standard InChI is InChI=1S/C14H20N4S/c1-4-10-7-8-19-13(10)9-15-14-16-11(5-2)12(6-3)17-18-14/h7-8H,4-6,9H2,1-3H3,(H,15,16,18). The van der Waals surface area contributed by atoms with E-state index in [0.29, 0.717) is 5.95 Å². The van der Waals surface area contributed by atoms with Crippen molar-refractivity contribution in [3.63, 3.8) is 0 Å². The van der Waals surface area contributed by atoms with E-state index in [1.165, 1.54) is 10.4 Å². The van der Waals surface area contributed by atoms with Crippen LogP contribution >= 0.6 is 11.3 Å². The van der Waals surface area contributed by atoms with Gasteiger partial charge in [0.1, 0.15) is 0 Å². The highest BCUT2D eigenvalue weighted by atomic mass is 32.1. The van der Waals surface area contributed by atoms with Crippen LogP contribution in [0.15, 0.2) is 11.4 Å². The van der Waals surface area contributed by atoms with Crippen LogP contribution in [0.5, 0.6) is 0 Å². The van der Waals surface area contributed by atoms with Gasteiger partial charge in [-0.15, -0.1) is 16.4 Å². The smallest absolute Gasteiger partial charge is 0.243 e. The van der Waals surface area contributed by atoms with Gasteiger partial charge in [-0.05, 0) is 36.3 Å². The molecule has 0 radical (unpaired) electrons. The third-order valence-corrected chi connectivity index (χ3v) is 4.10. The normalized spacial score (nSPS) is 10.7. The Bertz CT molecular complexity index is 536. The van der Waals surface area contributed by atoms with Crippen molar-refractivity contribution >= 4 is 17.3 Å². The van der Waals surface area contributed by atoms with Crippen molar-refractivity contribution in [3.05, 3.63) is 33.3 Å². The molecular formula is C14H20N4S. The lowest BCUT2D eigenvalue weighted by molar-refractivity contribution is 0.820. The zero-order valence-electron chi connectivity index (χ0n) is 11.7. The SMILES string of the molecule is CCc1ccsc1CNc1nnc(CC)c(CC)n1. The van der Waals surface area contributed by atoms with Gasteiger partial charge in [0.25, 0.3) is 0 Å². The number of aromatic nitrogens is 3. The van der Waals surface area contributed by atoms with Crippen LogP contribution in [0.4, 0.5) is 5.95 Å². The van der Waals surface area contributed by atoms with Crippen LogP contribution in [-0.2, 0) is 25.8 Å². The number of hydrogen-bond acceptors (Lipinski definition) is 5. The molecule has 0 amide bonds. The summed E-state index contributed by atoms with van der Waals surface area (Å²) in [7, 11) is 0. The van der Waals surface area contributed by atoms with Gasteiger partial charge in [-0.3, -0.25) is 0 Å². The Labute approximate surface area is 118 Å². The molecule has 5 heteroatoms. The van der Waals surface area contributed by atoms with Gasteiger partial charge in [0.15, 0.2) is 0 Å². The van der Waals surface area contributed by atoms with E-state index in [9.17, 15) is 0 Å². The van der Waals surface area contributed by atoms with Crippen LogP contribution in [0.3, 0.4) is 0 Å². The minimum Gasteiger partial charge on any atom is -0.348 e. The predicted molar refractivity (Wildman–Crippen MR) is 79.6 cm³/mol. The summed E-state index contributed by atoms with van der Waals surface area (Å²) in [6.07, 6.45) is 2.84. The van der Waals surface area contributed by atoms with E-state index in [1.807, 2.05) is 0 Å². The minimum absolute atomic E-state index is 0.629. The Morgan fingerprint density at radius 3 is 2.53 bits per heavy atom. The largest absolute Gasteiger partial charge is 0.348 e. The summed E-state index contributed by atoms with van der Waals surface area (Å²) >= 11 is 1.77. The van der Waals surface area contributed by atoms with Gasteiger partial charge in [-0.1, -0.05) is 20.8 Å². The second-order valence-corrected chi connectivity index (χ2v) is 5.31. The summed E-state index contributed by atoms with van der Waals surface area (Å²) < 4.78 is 0. The maximum Gasteiger partial charge on any atom is 0.243 e. The number of aryl methyl sites for hydroxylation is 3. The molecule has 0 bridgehead atoms. The molecule has 0 saturated heterocycles. The number of thiophene rings is 1. The van der Waals surface area contributed by atoms with Gasteiger partial charge in [0.2, 0.25) is 5.95 Å². The molecule has 102 valence electrons. The van der Waals surface area contributed by atoms with E-state index < -0.39 is 0 Å². The first-order valence-corrected chi connectivity index (χ1v) is 7.68. The fourth-order valence-corrected chi connectivity index (χ4v) is 2.93. The number of hydrogen-bond donors (Lipinski definition) is 1. The van der Waals surface area contributed by atoms with Gasteiger partial charge >= 0.3 is 0 Å². The first-order chi connectivity index (χ1) is 9.28. The van der Waals surface area contributed by atoms with E-state index in [1.54, 1.807) is 11.3 Å². The van der Waals surface area contributed by atoms with Crippen LogP contribution in [0.2, 0.25) is 0 Å². The third-order valence-electron chi connectivity index (χ3n) is 3.13. The predicted octanol–water partition coefficient (Wildman–Crippen LogP) is 3.23. The first-order valence-electron chi connectivity index (χ1n) is 6.80. The van der Waals surface area contributed by atoms with Crippen molar-refractivity contribution in [1.29, 1.82) is 0 Å². The van der Waals surface area contributed by atoms with Crippen molar-refractivity contribution in [1.82, 2.24) is 15.2 Å². The summed E-state index contributed by atoms with van der Waals surface area (Å²) in [5, 5.41) is 13.8. The molecule has 2 rings (SSSR count). The van der Waals surface area contributed by atoms with Crippen molar-refractivity contribution < 1.29 is 0 Å². The highest BCUT2D eigenvalue weighted by Crippen LogP contribution is 2.18. The van der Waals surface area contributed by atoms with Crippen LogP contribution in [0.25, 0.3) is 0 Å². The molecule has 2 aromatic heterocycles. The van der Waals surface area contributed by atoms with E-state index in [4.69, 9.17) is 0 Å². The highest BCUT2D eigenvalue weighted by Gasteiger charge is 2.07. The van der Waals surface area contributed by atoms with Crippen LogP contribution in [0, 0.1) is 0 Å². The fraction of sp³-hybridized carbons (Fsp3) is 0.500. The van der Waals surface area contributed by atoms with Gasteiger partial charge in [-0.25, -0.2) is 4.98 Å². The molecule has 0 unspecified atom stereocenters. The fourth-order valence-electron chi connectivity index (χ4n) is 2.01. The summed E-state index contributed by atoms with van der Waals surface area (Å²) in [5.41, 5.74) is 3.44. The molecule has 19 heavy (non-hydrogen) atoms. The Morgan fingerprint density at radius 2 is 1.84 bits per heavy atom. The molecule has 0 aliphatic carbocycles. The van der Waals surface area contributed by atoms with Crippen LogP contribution < -0.4 is 5.32 Å². The molecule has 4 nitrogen and oxygen atoms in total. The average molecular weight is 276 g/mol.